The summed E-state index contributed by atoms with van der Waals surface area (Å²) in [4.78, 5) is 11.8. The minimum Gasteiger partial charge on any atom is -0.452 e. The number of pyridine rings is 1. The lowest BCUT2D eigenvalue weighted by Gasteiger charge is -2.05. The number of halogens is 2. The quantitative estimate of drug-likeness (QED) is 0.836. The second-order valence-electron chi connectivity index (χ2n) is 3.48. The van der Waals surface area contributed by atoms with Gasteiger partial charge in [0.25, 0.3) is 5.56 Å². The van der Waals surface area contributed by atoms with Crippen LogP contribution in [0.4, 0.5) is 0 Å². The average molecular weight is 347 g/mol. The van der Waals surface area contributed by atoms with Crippen LogP contribution < -0.4 is 5.56 Å². The summed E-state index contributed by atoms with van der Waals surface area (Å²) in [7, 11) is 0. The van der Waals surface area contributed by atoms with Gasteiger partial charge in [-0.25, -0.2) is 0 Å². The molecule has 0 saturated heterocycles. The highest BCUT2D eigenvalue weighted by atomic mass is 79.9. The first-order valence-electron chi connectivity index (χ1n) is 4.67. The van der Waals surface area contributed by atoms with E-state index in [0.717, 1.165) is 10.2 Å². The first-order chi connectivity index (χ1) is 7.56. The van der Waals surface area contributed by atoms with Crippen LogP contribution >= 0.6 is 31.9 Å². The van der Waals surface area contributed by atoms with Crippen molar-refractivity contribution in [3.8, 4) is 0 Å². The van der Waals surface area contributed by atoms with Gasteiger partial charge in [0.1, 0.15) is 5.76 Å². The summed E-state index contributed by atoms with van der Waals surface area (Å²) in [6.07, 6.45) is 1.76. The molecule has 2 rings (SSSR count). The molecular formula is C11H9Br2NO2. The molecule has 0 aromatic carbocycles. The Kier molecular flexibility index (Phi) is 3.35. The highest BCUT2D eigenvalue weighted by molar-refractivity contribution is 9.10. The molecule has 5 heteroatoms. The van der Waals surface area contributed by atoms with Crippen LogP contribution in [0.2, 0.25) is 0 Å². The van der Waals surface area contributed by atoms with Crippen molar-refractivity contribution in [2.24, 2.45) is 0 Å². The third kappa shape index (κ3) is 2.47. The molecule has 2 aromatic rings. The second-order valence-corrected chi connectivity index (χ2v) is 5.18. The smallest absolute Gasteiger partial charge is 0.253 e. The van der Waals surface area contributed by atoms with Gasteiger partial charge in [-0.15, -0.1) is 0 Å². The van der Waals surface area contributed by atoms with Crippen LogP contribution in [0.3, 0.4) is 0 Å². The average Bonchev–Trinajstić information content (AvgIpc) is 2.60. The summed E-state index contributed by atoms with van der Waals surface area (Å²) in [6, 6.07) is 5.45. The fourth-order valence-corrected chi connectivity index (χ4v) is 2.39. The highest BCUT2D eigenvalue weighted by Crippen LogP contribution is 2.15. The minimum absolute atomic E-state index is 0.00396. The Labute approximate surface area is 109 Å². The Hall–Kier alpha value is -0.810. The van der Waals surface area contributed by atoms with Crippen LogP contribution in [0.5, 0.6) is 0 Å². The van der Waals surface area contributed by atoms with Gasteiger partial charge < -0.3 is 8.98 Å². The van der Waals surface area contributed by atoms with Crippen LogP contribution in [0, 0.1) is 6.92 Å². The summed E-state index contributed by atoms with van der Waals surface area (Å²) in [5.74, 6) is 0.742. The Bertz CT molecular complexity index is 572. The zero-order chi connectivity index (χ0) is 11.7. The van der Waals surface area contributed by atoms with E-state index in [1.54, 1.807) is 23.8 Å². The molecule has 0 bridgehead atoms. The van der Waals surface area contributed by atoms with Gasteiger partial charge >= 0.3 is 0 Å². The van der Waals surface area contributed by atoms with E-state index in [2.05, 4.69) is 31.9 Å². The van der Waals surface area contributed by atoms with Crippen LogP contribution in [0.15, 0.2) is 42.7 Å². The summed E-state index contributed by atoms with van der Waals surface area (Å²) in [5.41, 5.74) is 0.704. The molecule has 0 saturated carbocycles. The second kappa shape index (κ2) is 4.59. The van der Waals surface area contributed by atoms with Gasteiger partial charge in [0.15, 0.2) is 4.67 Å². The topological polar surface area (TPSA) is 35.1 Å². The van der Waals surface area contributed by atoms with E-state index in [1.807, 2.05) is 12.1 Å². The molecule has 0 radical (unpaired) electrons. The molecule has 16 heavy (non-hydrogen) atoms. The third-order valence-corrected chi connectivity index (χ3v) is 3.05. The van der Waals surface area contributed by atoms with Crippen molar-refractivity contribution in [1.82, 2.24) is 4.57 Å². The minimum atomic E-state index is -0.00396. The maximum Gasteiger partial charge on any atom is 0.253 e. The van der Waals surface area contributed by atoms with E-state index < -0.39 is 0 Å². The lowest BCUT2D eigenvalue weighted by Crippen LogP contribution is -2.21. The van der Waals surface area contributed by atoms with Crippen molar-refractivity contribution in [2.45, 2.75) is 13.5 Å². The van der Waals surface area contributed by atoms with Crippen molar-refractivity contribution in [3.63, 3.8) is 0 Å². The summed E-state index contributed by atoms with van der Waals surface area (Å²) in [6.45, 7) is 2.23. The molecule has 0 aliphatic carbocycles. The van der Waals surface area contributed by atoms with E-state index in [4.69, 9.17) is 4.42 Å². The number of aromatic nitrogens is 1. The normalized spacial score (nSPS) is 10.7. The van der Waals surface area contributed by atoms with Gasteiger partial charge in [-0.3, -0.25) is 4.79 Å². The SMILES string of the molecule is Cc1cc(Br)cn(Cc2ccc(Br)o2)c1=O. The molecule has 0 atom stereocenters. The standard InChI is InChI=1S/C11H9Br2NO2/c1-7-4-8(12)5-14(11(7)15)6-9-2-3-10(13)16-9/h2-5H,6H2,1H3. The first-order valence-corrected chi connectivity index (χ1v) is 6.25. The zero-order valence-corrected chi connectivity index (χ0v) is 11.7. The van der Waals surface area contributed by atoms with Crippen molar-refractivity contribution in [2.75, 3.05) is 0 Å². The van der Waals surface area contributed by atoms with Crippen LogP contribution in [-0.2, 0) is 6.54 Å². The number of furan rings is 1. The molecule has 3 nitrogen and oxygen atoms in total. The molecule has 0 fully saturated rings. The Morgan fingerprint density at radius 2 is 2.12 bits per heavy atom. The van der Waals surface area contributed by atoms with Gasteiger partial charge in [-0.05, 0) is 57.0 Å². The molecule has 0 unspecified atom stereocenters. The van der Waals surface area contributed by atoms with E-state index in [1.165, 1.54) is 0 Å². The van der Waals surface area contributed by atoms with Crippen LogP contribution in [0.1, 0.15) is 11.3 Å². The summed E-state index contributed by atoms with van der Waals surface area (Å²) < 4.78 is 8.53. The highest BCUT2D eigenvalue weighted by Gasteiger charge is 2.05. The van der Waals surface area contributed by atoms with E-state index in [9.17, 15) is 4.79 Å². The molecule has 0 N–H and O–H groups in total. The lowest BCUT2D eigenvalue weighted by atomic mass is 10.3. The van der Waals surface area contributed by atoms with E-state index >= 15 is 0 Å². The fourth-order valence-electron chi connectivity index (χ4n) is 1.46. The molecule has 0 aliphatic rings. The Balaban J connectivity index is 2.38. The molecule has 2 aromatic heterocycles. The largest absolute Gasteiger partial charge is 0.452 e. The monoisotopic (exact) mass is 345 g/mol. The number of aryl methyl sites for hydroxylation is 1. The summed E-state index contributed by atoms with van der Waals surface area (Å²) in [5, 5.41) is 0. The first kappa shape index (κ1) is 11.7. The van der Waals surface area contributed by atoms with Crippen molar-refractivity contribution >= 4 is 31.9 Å². The number of hydrogen-bond acceptors (Lipinski definition) is 2. The van der Waals surface area contributed by atoms with Crippen molar-refractivity contribution < 1.29 is 4.42 Å². The van der Waals surface area contributed by atoms with Gasteiger partial charge in [0, 0.05) is 16.2 Å². The predicted octanol–water partition coefficient (Wildman–Crippen LogP) is 3.32. The van der Waals surface area contributed by atoms with Gasteiger partial charge in [0.05, 0.1) is 6.54 Å². The molecular weight excluding hydrogens is 338 g/mol. The summed E-state index contributed by atoms with van der Waals surface area (Å²) >= 11 is 6.60. The maximum absolute atomic E-state index is 11.8. The van der Waals surface area contributed by atoms with Crippen LogP contribution in [-0.4, -0.2) is 4.57 Å². The van der Waals surface area contributed by atoms with Crippen molar-refractivity contribution in [3.05, 3.63) is 55.2 Å². The molecule has 2 heterocycles. The van der Waals surface area contributed by atoms with Gasteiger partial charge in [0.2, 0.25) is 0 Å². The van der Waals surface area contributed by atoms with Gasteiger partial charge in [-0.1, -0.05) is 0 Å². The molecule has 0 aliphatic heterocycles. The molecule has 0 amide bonds. The number of nitrogens with zero attached hydrogens (tertiary/aromatic N) is 1. The number of hydrogen-bond donors (Lipinski definition) is 0. The molecule has 0 spiro atoms. The number of rotatable bonds is 2. The van der Waals surface area contributed by atoms with E-state index in [-0.39, 0.29) is 5.56 Å². The lowest BCUT2D eigenvalue weighted by molar-refractivity contribution is 0.470. The molecule has 84 valence electrons. The zero-order valence-electron chi connectivity index (χ0n) is 8.54. The van der Waals surface area contributed by atoms with Gasteiger partial charge in [-0.2, -0.15) is 0 Å². The Morgan fingerprint density at radius 1 is 1.38 bits per heavy atom. The third-order valence-electron chi connectivity index (χ3n) is 2.19. The Morgan fingerprint density at radius 3 is 2.75 bits per heavy atom. The predicted molar refractivity (Wildman–Crippen MR) is 68.6 cm³/mol. The van der Waals surface area contributed by atoms with E-state index in [0.29, 0.717) is 16.8 Å². The maximum atomic E-state index is 11.8. The van der Waals surface area contributed by atoms with Crippen LogP contribution in [0.25, 0.3) is 0 Å². The van der Waals surface area contributed by atoms with Crippen molar-refractivity contribution in [1.29, 1.82) is 0 Å². The fraction of sp³-hybridized carbons (Fsp3) is 0.182.